The average Bonchev–Trinajstić information content (AvgIpc) is 3.02. The molecule has 2 aromatic heterocycles. The molecular weight excluding hydrogens is 286 g/mol. The lowest BCUT2D eigenvalue weighted by molar-refractivity contribution is 0.104. The molecule has 0 aliphatic rings. The van der Waals surface area contributed by atoms with Crippen LogP contribution in [0.1, 0.15) is 15.9 Å². The molecule has 0 aliphatic heterocycles. The van der Waals surface area contributed by atoms with Gasteiger partial charge in [-0.25, -0.2) is 0 Å². The third-order valence-electron chi connectivity index (χ3n) is 3.76. The van der Waals surface area contributed by atoms with Gasteiger partial charge >= 0.3 is 0 Å². The summed E-state index contributed by atoms with van der Waals surface area (Å²) in [5, 5.41) is 0.807. The number of benzene rings is 2. The van der Waals surface area contributed by atoms with Gasteiger partial charge in [0.05, 0.1) is 5.56 Å². The fourth-order valence-electron chi connectivity index (χ4n) is 2.68. The van der Waals surface area contributed by atoms with E-state index in [4.69, 9.17) is 4.42 Å². The molecule has 0 unspecified atom stereocenters. The minimum atomic E-state index is -0.0591. The molecule has 0 spiro atoms. The van der Waals surface area contributed by atoms with Crippen LogP contribution in [0.3, 0.4) is 0 Å². The van der Waals surface area contributed by atoms with Crippen LogP contribution in [0.5, 0.6) is 0 Å². The summed E-state index contributed by atoms with van der Waals surface area (Å²) in [6, 6.07) is 22.4. The Morgan fingerprint density at radius 1 is 0.826 bits per heavy atom. The first kappa shape index (κ1) is 13.5. The molecular formula is C20H13NO2. The molecule has 0 saturated carbocycles. The van der Waals surface area contributed by atoms with Crippen LogP contribution in [0.4, 0.5) is 0 Å². The largest absolute Gasteiger partial charge is 0.454 e. The zero-order valence-electron chi connectivity index (χ0n) is 12.3. The van der Waals surface area contributed by atoms with Crippen molar-refractivity contribution in [2.24, 2.45) is 0 Å². The number of aromatic nitrogens is 1. The van der Waals surface area contributed by atoms with E-state index in [2.05, 4.69) is 4.98 Å². The number of pyridine rings is 1. The van der Waals surface area contributed by atoms with Gasteiger partial charge in [-0.2, -0.15) is 0 Å². The van der Waals surface area contributed by atoms with E-state index in [-0.39, 0.29) is 5.78 Å². The van der Waals surface area contributed by atoms with E-state index in [0.717, 1.165) is 5.39 Å². The second kappa shape index (κ2) is 5.54. The molecule has 3 nitrogen and oxygen atoms in total. The second-order valence-electron chi connectivity index (χ2n) is 5.21. The Labute approximate surface area is 133 Å². The van der Waals surface area contributed by atoms with Crippen LogP contribution in [-0.2, 0) is 0 Å². The molecule has 0 fully saturated rings. The molecule has 4 rings (SSSR count). The number of hydrogen-bond donors (Lipinski definition) is 0. The van der Waals surface area contributed by atoms with Crippen molar-refractivity contribution in [3.63, 3.8) is 0 Å². The minimum Gasteiger partial charge on any atom is -0.454 e. The lowest BCUT2D eigenvalue weighted by atomic mass is 9.99. The first-order chi connectivity index (χ1) is 11.3. The van der Waals surface area contributed by atoms with Gasteiger partial charge in [-0.3, -0.25) is 9.78 Å². The maximum atomic E-state index is 13.0. The average molecular weight is 299 g/mol. The van der Waals surface area contributed by atoms with Gasteiger partial charge in [0.15, 0.2) is 11.5 Å². The molecule has 0 radical (unpaired) electrons. The maximum Gasteiger partial charge on any atom is 0.197 e. The highest BCUT2D eigenvalue weighted by atomic mass is 16.3. The number of ketones is 1. The normalized spacial score (nSPS) is 10.8. The Balaban J connectivity index is 1.99. The number of hydrogen-bond acceptors (Lipinski definition) is 3. The zero-order chi connectivity index (χ0) is 15.6. The van der Waals surface area contributed by atoms with Gasteiger partial charge in [-0.1, -0.05) is 54.6 Å². The van der Waals surface area contributed by atoms with Crippen molar-refractivity contribution in [3.8, 4) is 11.5 Å². The first-order valence-corrected chi connectivity index (χ1v) is 7.37. The second-order valence-corrected chi connectivity index (χ2v) is 5.21. The van der Waals surface area contributed by atoms with Crippen LogP contribution in [0, 0.1) is 0 Å². The Bertz CT molecular complexity index is 972. The fourth-order valence-corrected chi connectivity index (χ4v) is 2.68. The maximum absolute atomic E-state index is 13.0. The predicted octanol–water partition coefficient (Wildman–Crippen LogP) is 4.73. The van der Waals surface area contributed by atoms with Gasteiger partial charge in [0, 0.05) is 17.1 Å². The summed E-state index contributed by atoms with van der Waals surface area (Å²) in [6.45, 7) is 0. The van der Waals surface area contributed by atoms with Crippen LogP contribution in [0.15, 0.2) is 83.4 Å². The molecule has 2 heterocycles. The predicted molar refractivity (Wildman–Crippen MR) is 89.3 cm³/mol. The van der Waals surface area contributed by atoms with Gasteiger partial charge in [-0.05, 0) is 18.2 Å². The van der Waals surface area contributed by atoms with Crippen LogP contribution in [0.25, 0.3) is 22.4 Å². The van der Waals surface area contributed by atoms with Crippen molar-refractivity contribution in [2.45, 2.75) is 0 Å². The van der Waals surface area contributed by atoms with Crippen LogP contribution < -0.4 is 0 Å². The lowest BCUT2D eigenvalue weighted by Gasteiger charge is -2.02. The zero-order valence-corrected chi connectivity index (χ0v) is 12.3. The minimum absolute atomic E-state index is 0.0591. The molecule has 2 aromatic carbocycles. The molecule has 110 valence electrons. The number of carbonyl (C=O) groups excluding carboxylic acids is 1. The molecule has 0 bridgehead atoms. The SMILES string of the molecule is O=C(c1ccccc1)c1c(-c2ccccn2)oc2ccccc12. The van der Waals surface area contributed by atoms with E-state index in [0.29, 0.717) is 28.2 Å². The molecule has 0 atom stereocenters. The smallest absolute Gasteiger partial charge is 0.197 e. The molecule has 3 heteroatoms. The number of carbonyl (C=O) groups is 1. The van der Waals surface area contributed by atoms with E-state index in [1.54, 1.807) is 6.20 Å². The molecule has 4 aromatic rings. The Morgan fingerprint density at radius 2 is 1.57 bits per heavy atom. The van der Waals surface area contributed by atoms with Crippen molar-refractivity contribution in [1.29, 1.82) is 0 Å². The Morgan fingerprint density at radius 3 is 2.35 bits per heavy atom. The quantitative estimate of drug-likeness (QED) is 0.514. The van der Waals surface area contributed by atoms with E-state index >= 15 is 0 Å². The van der Waals surface area contributed by atoms with Gasteiger partial charge in [0.25, 0.3) is 0 Å². The van der Waals surface area contributed by atoms with E-state index in [1.807, 2.05) is 72.8 Å². The van der Waals surface area contributed by atoms with Gasteiger partial charge in [-0.15, -0.1) is 0 Å². The monoisotopic (exact) mass is 299 g/mol. The van der Waals surface area contributed by atoms with Crippen molar-refractivity contribution in [3.05, 3.63) is 90.1 Å². The first-order valence-electron chi connectivity index (χ1n) is 7.37. The van der Waals surface area contributed by atoms with Crippen LogP contribution in [-0.4, -0.2) is 10.8 Å². The van der Waals surface area contributed by atoms with Crippen molar-refractivity contribution in [2.75, 3.05) is 0 Å². The number of nitrogens with zero attached hydrogens (tertiary/aromatic N) is 1. The standard InChI is InChI=1S/C20H13NO2/c22-19(14-8-2-1-3-9-14)18-15-10-4-5-12-17(15)23-20(18)16-11-6-7-13-21-16/h1-13H. The summed E-state index contributed by atoms with van der Waals surface area (Å²) in [7, 11) is 0. The van der Waals surface area contributed by atoms with Crippen molar-refractivity contribution < 1.29 is 9.21 Å². The fraction of sp³-hybridized carbons (Fsp3) is 0. The van der Waals surface area contributed by atoms with Gasteiger partial charge in [0.2, 0.25) is 0 Å². The summed E-state index contributed by atoms with van der Waals surface area (Å²) in [5.74, 6) is 0.455. The molecule has 0 N–H and O–H groups in total. The summed E-state index contributed by atoms with van der Waals surface area (Å²) in [4.78, 5) is 17.4. The molecule has 0 amide bonds. The van der Waals surface area contributed by atoms with Crippen LogP contribution in [0.2, 0.25) is 0 Å². The Kier molecular flexibility index (Phi) is 3.24. The van der Waals surface area contributed by atoms with E-state index < -0.39 is 0 Å². The summed E-state index contributed by atoms with van der Waals surface area (Å²) >= 11 is 0. The third kappa shape index (κ3) is 2.32. The number of furan rings is 1. The van der Waals surface area contributed by atoms with Crippen molar-refractivity contribution >= 4 is 16.8 Å². The lowest BCUT2D eigenvalue weighted by Crippen LogP contribution is -2.02. The molecule has 0 aliphatic carbocycles. The highest BCUT2D eigenvalue weighted by Crippen LogP contribution is 2.34. The number of fused-ring (bicyclic) bond motifs is 1. The van der Waals surface area contributed by atoms with Gasteiger partial charge in [0.1, 0.15) is 11.3 Å². The highest BCUT2D eigenvalue weighted by molar-refractivity contribution is 6.19. The molecule has 23 heavy (non-hydrogen) atoms. The van der Waals surface area contributed by atoms with E-state index in [9.17, 15) is 4.79 Å². The summed E-state index contributed by atoms with van der Waals surface area (Å²) in [5.41, 5.74) is 2.54. The summed E-state index contributed by atoms with van der Waals surface area (Å²) < 4.78 is 5.94. The third-order valence-corrected chi connectivity index (χ3v) is 3.76. The van der Waals surface area contributed by atoms with Gasteiger partial charge < -0.3 is 4.42 Å². The topological polar surface area (TPSA) is 43.1 Å². The van der Waals surface area contributed by atoms with Crippen molar-refractivity contribution in [1.82, 2.24) is 4.98 Å². The summed E-state index contributed by atoms with van der Waals surface area (Å²) in [6.07, 6.45) is 1.69. The van der Waals surface area contributed by atoms with E-state index in [1.165, 1.54) is 0 Å². The number of para-hydroxylation sites is 1. The number of rotatable bonds is 3. The van der Waals surface area contributed by atoms with Crippen LogP contribution >= 0.6 is 0 Å². The molecule has 0 saturated heterocycles. The highest BCUT2D eigenvalue weighted by Gasteiger charge is 2.23. The Hall–Kier alpha value is -3.20.